The molecule has 0 atom stereocenters. The predicted molar refractivity (Wildman–Crippen MR) is 86.0 cm³/mol. The van der Waals surface area contributed by atoms with Crippen LogP contribution in [-0.2, 0) is 6.61 Å². The maximum absolute atomic E-state index is 13.6. The van der Waals surface area contributed by atoms with Gasteiger partial charge in [-0.2, -0.15) is 4.39 Å². The van der Waals surface area contributed by atoms with Gasteiger partial charge in [-0.1, -0.05) is 18.2 Å². The molecule has 0 amide bonds. The second-order valence-electron chi connectivity index (χ2n) is 5.08. The number of hydrogen-bond acceptors (Lipinski definition) is 4. The summed E-state index contributed by atoms with van der Waals surface area (Å²) in [5, 5.41) is 9.97. The van der Waals surface area contributed by atoms with E-state index < -0.39 is 11.9 Å². The zero-order chi connectivity index (χ0) is 17.1. The van der Waals surface area contributed by atoms with Gasteiger partial charge < -0.3 is 14.6 Å². The molecule has 0 fully saturated rings. The smallest absolute Gasteiger partial charge is 0.336 e. The topological polar surface area (TPSA) is 68.7 Å². The summed E-state index contributed by atoms with van der Waals surface area (Å²) in [5.74, 6) is -0.989. The molecule has 0 spiro atoms. The van der Waals surface area contributed by atoms with Gasteiger partial charge in [-0.3, -0.25) is 0 Å². The van der Waals surface area contributed by atoms with Gasteiger partial charge in [0.2, 0.25) is 5.95 Å². The van der Waals surface area contributed by atoms with E-state index in [1.807, 2.05) is 0 Å². The van der Waals surface area contributed by atoms with Gasteiger partial charge in [-0.15, -0.1) is 0 Å². The Morgan fingerprint density at radius 2 is 2.00 bits per heavy atom. The summed E-state index contributed by atoms with van der Waals surface area (Å²) < 4.78 is 24.3. The molecular weight excluding hydrogens is 313 g/mol. The average molecular weight is 327 g/mol. The number of carboxylic acid groups (broad SMARTS) is 1. The van der Waals surface area contributed by atoms with Gasteiger partial charge in [0.1, 0.15) is 18.1 Å². The fraction of sp³-hybridized carbons (Fsp3) is 0.111. The molecule has 0 saturated heterocycles. The molecule has 0 saturated carbocycles. The molecule has 0 radical (unpaired) electrons. The highest BCUT2D eigenvalue weighted by molar-refractivity contribution is 5.90. The number of rotatable bonds is 5. The van der Waals surface area contributed by atoms with E-state index in [1.165, 1.54) is 19.2 Å². The molecule has 0 aliphatic heterocycles. The van der Waals surface area contributed by atoms with E-state index in [-0.39, 0.29) is 12.2 Å². The lowest BCUT2D eigenvalue weighted by Gasteiger charge is -2.12. The molecule has 0 unspecified atom stereocenters. The van der Waals surface area contributed by atoms with E-state index in [1.54, 1.807) is 36.4 Å². The lowest BCUT2D eigenvalue weighted by Crippen LogP contribution is -2.06. The van der Waals surface area contributed by atoms with E-state index in [0.717, 1.165) is 0 Å². The average Bonchev–Trinajstić information content (AvgIpc) is 2.59. The summed E-state index contributed by atoms with van der Waals surface area (Å²) in [6.07, 6.45) is 0. The van der Waals surface area contributed by atoms with Crippen LogP contribution in [0, 0.1) is 5.95 Å². The number of ether oxygens (including phenoxy) is 2. The van der Waals surface area contributed by atoms with Crippen molar-refractivity contribution in [2.75, 3.05) is 7.11 Å². The van der Waals surface area contributed by atoms with Crippen molar-refractivity contribution in [1.29, 1.82) is 0 Å². The third-order valence-corrected chi connectivity index (χ3v) is 3.58. The lowest BCUT2D eigenvalue weighted by molar-refractivity contribution is 0.0693. The van der Waals surface area contributed by atoms with Crippen molar-refractivity contribution in [1.82, 2.24) is 4.98 Å². The number of carbonyl (C=O) groups is 1. The first-order chi connectivity index (χ1) is 11.6. The SMILES string of the molecule is COc1ccc(COc2cc(F)nc3ccccc23)c(C(=O)O)c1. The van der Waals surface area contributed by atoms with E-state index in [4.69, 9.17) is 9.47 Å². The van der Waals surface area contributed by atoms with Crippen molar-refractivity contribution in [2.45, 2.75) is 6.61 Å². The minimum atomic E-state index is -1.08. The van der Waals surface area contributed by atoms with E-state index >= 15 is 0 Å². The zero-order valence-corrected chi connectivity index (χ0v) is 12.8. The largest absolute Gasteiger partial charge is 0.497 e. The normalized spacial score (nSPS) is 10.6. The molecule has 5 nitrogen and oxygen atoms in total. The fourth-order valence-electron chi connectivity index (χ4n) is 2.40. The van der Waals surface area contributed by atoms with Crippen molar-refractivity contribution in [3.63, 3.8) is 0 Å². The van der Waals surface area contributed by atoms with Crippen LogP contribution in [0.5, 0.6) is 11.5 Å². The van der Waals surface area contributed by atoms with Crippen LogP contribution >= 0.6 is 0 Å². The molecule has 1 aromatic heterocycles. The molecule has 122 valence electrons. The van der Waals surface area contributed by atoms with E-state index in [0.29, 0.717) is 28.0 Å². The van der Waals surface area contributed by atoms with Crippen LogP contribution in [-0.4, -0.2) is 23.2 Å². The first-order valence-corrected chi connectivity index (χ1v) is 7.17. The van der Waals surface area contributed by atoms with Gasteiger partial charge in [0, 0.05) is 17.0 Å². The van der Waals surface area contributed by atoms with Crippen LogP contribution in [0.3, 0.4) is 0 Å². The molecule has 6 heteroatoms. The number of benzene rings is 2. The van der Waals surface area contributed by atoms with E-state index in [9.17, 15) is 14.3 Å². The monoisotopic (exact) mass is 327 g/mol. The highest BCUT2D eigenvalue weighted by Gasteiger charge is 2.13. The summed E-state index contributed by atoms with van der Waals surface area (Å²) in [7, 11) is 1.46. The summed E-state index contributed by atoms with van der Waals surface area (Å²) in [6.45, 7) is -0.0148. The van der Waals surface area contributed by atoms with Crippen LogP contribution in [0.4, 0.5) is 4.39 Å². The summed E-state index contributed by atoms with van der Waals surface area (Å²) in [4.78, 5) is 15.2. The van der Waals surface area contributed by atoms with Crippen LogP contribution in [0.1, 0.15) is 15.9 Å². The van der Waals surface area contributed by atoms with Crippen molar-refractivity contribution in [3.05, 3.63) is 65.6 Å². The molecular formula is C18H14FNO4. The quantitative estimate of drug-likeness (QED) is 0.724. The number of fused-ring (bicyclic) bond motifs is 1. The molecule has 1 heterocycles. The number of methoxy groups -OCH3 is 1. The summed E-state index contributed by atoms with van der Waals surface area (Å²) in [6, 6.07) is 12.9. The highest BCUT2D eigenvalue weighted by atomic mass is 19.1. The molecule has 0 aliphatic carbocycles. The standard InChI is InChI=1S/C18H14FNO4/c1-23-12-7-6-11(14(8-12)18(21)22)10-24-16-9-17(19)20-15-5-3-2-4-13(15)16/h2-9H,10H2,1H3,(H,21,22). The second-order valence-corrected chi connectivity index (χ2v) is 5.08. The Hall–Kier alpha value is -3.15. The maximum atomic E-state index is 13.6. The first kappa shape index (κ1) is 15.7. The minimum Gasteiger partial charge on any atom is -0.497 e. The molecule has 0 bridgehead atoms. The number of hydrogen-bond donors (Lipinski definition) is 1. The third-order valence-electron chi connectivity index (χ3n) is 3.58. The number of halogens is 1. The number of nitrogens with zero attached hydrogens (tertiary/aromatic N) is 1. The van der Waals surface area contributed by atoms with Crippen molar-refractivity contribution in [3.8, 4) is 11.5 Å². The van der Waals surface area contributed by atoms with Gasteiger partial charge in [-0.25, -0.2) is 9.78 Å². The number of aromatic nitrogens is 1. The Bertz CT molecular complexity index is 911. The van der Waals surface area contributed by atoms with Crippen molar-refractivity contribution in [2.24, 2.45) is 0 Å². The molecule has 1 N–H and O–H groups in total. The summed E-state index contributed by atoms with van der Waals surface area (Å²) >= 11 is 0. The summed E-state index contributed by atoms with van der Waals surface area (Å²) in [5.41, 5.74) is 1.01. The van der Waals surface area contributed by atoms with Crippen molar-refractivity contribution < 1.29 is 23.8 Å². The molecule has 24 heavy (non-hydrogen) atoms. The molecule has 0 aliphatic rings. The number of carboxylic acids is 1. The zero-order valence-electron chi connectivity index (χ0n) is 12.8. The Kier molecular flexibility index (Phi) is 4.29. The van der Waals surface area contributed by atoms with Crippen LogP contribution in [0.15, 0.2) is 48.5 Å². The predicted octanol–water partition coefficient (Wildman–Crippen LogP) is 3.66. The van der Waals surface area contributed by atoms with E-state index in [2.05, 4.69) is 4.98 Å². The maximum Gasteiger partial charge on any atom is 0.336 e. The molecule has 3 aromatic rings. The molecule has 3 rings (SSSR count). The lowest BCUT2D eigenvalue weighted by atomic mass is 10.1. The Morgan fingerprint density at radius 1 is 1.21 bits per heavy atom. The number of pyridine rings is 1. The van der Waals surface area contributed by atoms with Crippen LogP contribution < -0.4 is 9.47 Å². The van der Waals surface area contributed by atoms with Gasteiger partial charge in [0.05, 0.1) is 18.2 Å². The number of para-hydroxylation sites is 1. The first-order valence-electron chi connectivity index (χ1n) is 7.17. The minimum absolute atomic E-state index is 0.0148. The van der Waals surface area contributed by atoms with Crippen LogP contribution in [0.25, 0.3) is 10.9 Å². The Balaban J connectivity index is 1.93. The van der Waals surface area contributed by atoms with Crippen LogP contribution in [0.2, 0.25) is 0 Å². The second kappa shape index (κ2) is 6.54. The Morgan fingerprint density at radius 3 is 2.75 bits per heavy atom. The number of aromatic carboxylic acids is 1. The van der Waals surface area contributed by atoms with Gasteiger partial charge in [0.25, 0.3) is 0 Å². The Labute approximate surface area is 137 Å². The van der Waals surface area contributed by atoms with Gasteiger partial charge >= 0.3 is 5.97 Å². The van der Waals surface area contributed by atoms with Crippen molar-refractivity contribution >= 4 is 16.9 Å². The van der Waals surface area contributed by atoms with Gasteiger partial charge in [-0.05, 0) is 24.3 Å². The molecule has 2 aromatic carbocycles. The highest BCUT2D eigenvalue weighted by Crippen LogP contribution is 2.27. The third kappa shape index (κ3) is 3.12. The van der Waals surface area contributed by atoms with Gasteiger partial charge in [0.15, 0.2) is 0 Å². The fourth-order valence-corrected chi connectivity index (χ4v) is 2.40.